The number of aromatic nitrogens is 2. The molecule has 0 N–H and O–H groups in total. The molecule has 0 unspecified atom stereocenters. The van der Waals surface area contributed by atoms with Crippen molar-refractivity contribution in [3.8, 4) is 0 Å². The minimum absolute atomic E-state index is 0.230. The first kappa shape index (κ1) is 22.4. The number of nitrogens with zero attached hydrogens (tertiary/aromatic N) is 2. The number of Topliss-reactive ketones (excluding diaryl/α,β-unsaturated/α-hetero) is 1. The molecule has 0 radical (unpaired) electrons. The number of carbonyl (C=O) groups is 2. The summed E-state index contributed by atoms with van der Waals surface area (Å²) >= 11 is 0. The summed E-state index contributed by atoms with van der Waals surface area (Å²) in [5.74, 6) is 2.29. The van der Waals surface area contributed by atoms with E-state index < -0.39 is 0 Å². The molecule has 0 aliphatic heterocycles. The molecular weight excluding hydrogens is 412 g/mol. The molecular formula is C28H36N2O3. The van der Waals surface area contributed by atoms with Gasteiger partial charge in [-0.15, -0.1) is 0 Å². The predicted molar refractivity (Wildman–Crippen MR) is 128 cm³/mol. The van der Waals surface area contributed by atoms with Crippen molar-refractivity contribution in [3.63, 3.8) is 0 Å². The highest BCUT2D eigenvalue weighted by atomic mass is 16.5. The second kappa shape index (κ2) is 9.08. The Morgan fingerprint density at radius 3 is 2.70 bits per heavy atom. The third kappa shape index (κ3) is 4.39. The van der Waals surface area contributed by atoms with E-state index in [-0.39, 0.29) is 11.8 Å². The Balaban J connectivity index is 1.15. The van der Waals surface area contributed by atoms with Crippen LogP contribution in [0, 0.1) is 25.7 Å². The van der Waals surface area contributed by atoms with Gasteiger partial charge in [0.05, 0.1) is 13.2 Å². The fourth-order valence-electron chi connectivity index (χ4n) is 6.26. The Morgan fingerprint density at radius 2 is 1.94 bits per heavy atom. The van der Waals surface area contributed by atoms with Crippen molar-refractivity contribution in [1.29, 1.82) is 0 Å². The van der Waals surface area contributed by atoms with Crippen molar-refractivity contribution in [2.24, 2.45) is 11.8 Å². The topological polar surface area (TPSA) is 61.2 Å². The second-order valence-corrected chi connectivity index (χ2v) is 10.5. The Kier molecular flexibility index (Phi) is 6.15. The van der Waals surface area contributed by atoms with Gasteiger partial charge in [-0.2, -0.15) is 5.10 Å². The molecule has 3 aliphatic carbocycles. The summed E-state index contributed by atoms with van der Waals surface area (Å²) < 4.78 is 7.03. The standard InChI is InChI=1S/C28H36N2O3/c1-4-33-28(32)27-26-24-14-21(24)15-25(26)30(29-27)16-22(31)13-10-19-8-11-20(12-9-19)23-7-5-6-17(2)18(23)3/h5-7,19-21,24H,4,8-16H2,1-3H3/t19?,20?,21-,24-/m1/s1. The van der Waals surface area contributed by atoms with Gasteiger partial charge >= 0.3 is 5.97 Å². The van der Waals surface area contributed by atoms with Gasteiger partial charge in [0, 0.05) is 17.7 Å². The van der Waals surface area contributed by atoms with E-state index in [2.05, 4.69) is 37.1 Å². The van der Waals surface area contributed by atoms with Gasteiger partial charge in [0.2, 0.25) is 0 Å². The molecule has 3 aliphatic rings. The van der Waals surface area contributed by atoms with Crippen molar-refractivity contribution >= 4 is 11.8 Å². The number of benzene rings is 1. The van der Waals surface area contributed by atoms with Crippen LogP contribution in [0.25, 0.3) is 0 Å². The normalized spacial score (nSPS) is 25.4. The third-order valence-corrected chi connectivity index (χ3v) is 8.41. The first-order valence-corrected chi connectivity index (χ1v) is 12.8. The minimum atomic E-state index is -0.340. The number of esters is 1. The molecule has 1 aromatic carbocycles. The lowest BCUT2D eigenvalue weighted by Gasteiger charge is -2.30. The molecule has 1 heterocycles. The first-order valence-electron chi connectivity index (χ1n) is 12.8. The van der Waals surface area contributed by atoms with E-state index in [9.17, 15) is 9.59 Å². The summed E-state index contributed by atoms with van der Waals surface area (Å²) in [4.78, 5) is 25.2. The van der Waals surface area contributed by atoms with E-state index in [1.165, 1.54) is 42.4 Å². The Morgan fingerprint density at radius 1 is 1.15 bits per heavy atom. The molecule has 176 valence electrons. The highest BCUT2D eigenvalue weighted by molar-refractivity contribution is 5.90. The second-order valence-electron chi connectivity index (χ2n) is 10.5. The molecule has 1 aromatic heterocycles. The lowest BCUT2D eigenvalue weighted by atomic mass is 9.75. The Hall–Kier alpha value is -2.43. The van der Waals surface area contributed by atoms with Gasteiger partial charge in [-0.3, -0.25) is 9.48 Å². The molecule has 0 spiro atoms. The van der Waals surface area contributed by atoms with E-state index in [0.29, 0.717) is 48.9 Å². The summed E-state index contributed by atoms with van der Waals surface area (Å²) in [5, 5.41) is 4.54. The lowest BCUT2D eigenvalue weighted by molar-refractivity contribution is -0.120. The van der Waals surface area contributed by atoms with Gasteiger partial charge in [0.25, 0.3) is 0 Å². The Bertz CT molecular complexity index is 1060. The predicted octanol–water partition coefficient (Wildman–Crippen LogP) is 5.66. The monoisotopic (exact) mass is 448 g/mol. The summed E-state index contributed by atoms with van der Waals surface area (Å²) in [6, 6.07) is 6.68. The van der Waals surface area contributed by atoms with E-state index in [1.807, 2.05) is 11.6 Å². The van der Waals surface area contributed by atoms with Crippen LogP contribution in [0.1, 0.15) is 102 Å². The number of ether oxygens (including phenoxy) is 1. The highest BCUT2D eigenvalue weighted by Crippen LogP contribution is 2.57. The van der Waals surface area contributed by atoms with E-state index in [0.717, 1.165) is 30.5 Å². The van der Waals surface area contributed by atoms with Crippen LogP contribution >= 0.6 is 0 Å². The summed E-state index contributed by atoms with van der Waals surface area (Å²) in [6.07, 6.45) is 8.53. The van der Waals surface area contributed by atoms with Gasteiger partial charge in [-0.25, -0.2) is 4.79 Å². The molecule has 2 fully saturated rings. The molecule has 0 amide bonds. The number of fused-ring (bicyclic) bond motifs is 3. The van der Waals surface area contributed by atoms with Crippen molar-refractivity contribution in [1.82, 2.24) is 9.78 Å². The van der Waals surface area contributed by atoms with Crippen LogP contribution in [0.3, 0.4) is 0 Å². The fraction of sp³-hybridized carbons (Fsp3) is 0.607. The smallest absolute Gasteiger partial charge is 0.359 e. The van der Waals surface area contributed by atoms with Gasteiger partial charge < -0.3 is 4.74 Å². The molecule has 5 heteroatoms. The van der Waals surface area contributed by atoms with E-state index in [4.69, 9.17) is 4.74 Å². The number of ketones is 1. The van der Waals surface area contributed by atoms with Crippen LogP contribution < -0.4 is 0 Å². The molecule has 5 nitrogen and oxygen atoms in total. The summed E-state index contributed by atoms with van der Waals surface area (Å²) in [5.41, 5.74) is 6.97. The molecule has 0 saturated heterocycles. The number of rotatable bonds is 8. The van der Waals surface area contributed by atoms with Crippen LogP contribution in [-0.2, 0) is 22.5 Å². The van der Waals surface area contributed by atoms with Crippen LogP contribution in [0.15, 0.2) is 18.2 Å². The summed E-state index contributed by atoms with van der Waals surface area (Å²) in [6.45, 7) is 6.90. The zero-order valence-electron chi connectivity index (χ0n) is 20.2. The SMILES string of the molecule is CCOC(=O)c1nn(CC(=O)CCC2CCC(c3cccc(C)c3C)CC2)c2c1[C@@H]1C[C@@H]1C2. The Labute approximate surface area is 196 Å². The maximum absolute atomic E-state index is 12.8. The largest absolute Gasteiger partial charge is 0.461 e. The van der Waals surface area contributed by atoms with Gasteiger partial charge in [-0.05, 0) is 106 Å². The highest BCUT2D eigenvalue weighted by Gasteiger charge is 2.50. The molecule has 2 aromatic rings. The average Bonchev–Trinajstić information content (AvgIpc) is 3.33. The number of hydrogen-bond donors (Lipinski definition) is 0. The minimum Gasteiger partial charge on any atom is -0.461 e. The maximum atomic E-state index is 12.8. The first-order chi connectivity index (χ1) is 16.0. The van der Waals surface area contributed by atoms with Crippen LogP contribution in [-0.4, -0.2) is 28.1 Å². The molecule has 0 bridgehead atoms. The van der Waals surface area contributed by atoms with Gasteiger partial charge in [0.15, 0.2) is 11.5 Å². The third-order valence-electron chi connectivity index (χ3n) is 8.41. The van der Waals surface area contributed by atoms with Crippen molar-refractivity contribution < 1.29 is 14.3 Å². The van der Waals surface area contributed by atoms with Crippen molar-refractivity contribution in [2.45, 2.75) is 90.5 Å². The quantitative estimate of drug-likeness (QED) is 0.489. The van der Waals surface area contributed by atoms with Crippen molar-refractivity contribution in [2.75, 3.05) is 6.61 Å². The molecule has 33 heavy (non-hydrogen) atoms. The lowest BCUT2D eigenvalue weighted by Crippen LogP contribution is -2.18. The van der Waals surface area contributed by atoms with Gasteiger partial charge in [0.1, 0.15) is 0 Å². The van der Waals surface area contributed by atoms with Crippen LogP contribution in [0.4, 0.5) is 0 Å². The number of aryl methyl sites for hydroxylation is 1. The van der Waals surface area contributed by atoms with Gasteiger partial charge in [-0.1, -0.05) is 18.2 Å². The number of hydrogen-bond acceptors (Lipinski definition) is 4. The average molecular weight is 449 g/mol. The fourth-order valence-corrected chi connectivity index (χ4v) is 6.26. The van der Waals surface area contributed by atoms with Crippen molar-refractivity contribution in [3.05, 3.63) is 51.8 Å². The van der Waals surface area contributed by atoms with E-state index in [1.54, 1.807) is 0 Å². The molecule has 5 rings (SSSR count). The van der Waals surface area contributed by atoms with Crippen LogP contribution in [0.2, 0.25) is 0 Å². The maximum Gasteiger partial charge on any atom is 0.359 e. The zero-order valence-corrected chi connectivity index (χ0v) is 20.2. The number of carbonyl (C=O) groups excluding carboxylic acids is 2. The van der Waals surface area contributed by atoms with E-state index >= 15 is 0 Å². The molecule has 2 atom stereocenters. The van der Waals surface area contributed by atoms with Crippen LogP contribution in [0.5, 0.6) is 0 Å². The molecule has 2 saturated carbocycles. The summed E-state index contributed by atoms with van der Waals surface area (Å²) in [7, 11) is 0. The zero-order chi connectivity index (χ0) is 23.1.